The number of hydrogen-bond donors (Lipinski definition) is 2. The molecule has 1 aromatic rings. The molecular formula is C14H20ClN3. The standard InChI is InChI=1S/C14H20ClN3/c15-13-7-2-1-6-12(13)8-9-17-14(16)18-10-11-4-3-5-11/h1-2,6-7,11H,3-5,8-10H2,(H3,16,17,18). The minimum absolute atomic E-state index is 0.550. The Morgan fingerprint density at radius 2 is 2.17 bits per heavy atom. The lowest BCUT2D eigenvalue weighted by atomic mass is 9.86. The molecule has 0 radical (unpaired) electrons. The summed E-state index contributed by atoms with van der Waals surface area (Å²) in [7, 11) is 0. The minimum Gasteiger partial charge on any atom is -0.370 e. The molecule has 1 aromatic carbocycles. The van der Waals surface area contributed by atoms with Crippen LogP contribution in [0.3, 0.4) is 0 Å². The molecule has 0 unspecified atom stereocenters. The number of nitrogens with two attached hydrogens (primary N) is 1. The molecule has 0 aliphatic heterocycles. The Labute approximate surface area is 113 Å². The van der Waals surface area contributed by atoms with Crippen LogP contribution in [0.15, 0.2) is 29.3 Å². The van der Waals surface area contributed by atoms with Gasteiger partial charge in [0.05, 0.1) is 0 Å². The van der Waals surface area contributed by atoms with Crippen molar-refractivity contribution in [1.29, 1.82) is 0 Å². The van der Waals surface area contributed by atoms with E-state index in [2.05, 4.69) is 10.3 Å². The Morgan fingerprint density at radius 1 is 1.39 bits per heavy atom. The Bertz CT molecular complexity index is 413. The third-order valence-electron chi connectivity index (χ3n) is 3.40. The molecule has 0 saturated heterocycles. The number of nitrogens with one attached hydrogen (secondary N) is 1. The fourth-order valence-electron chi connectivity index (χ4n) is 1.99. The average Bonchev–Trinajstić information content (AvgIpc) is 2.30. The van der Waals surface area contributed by atoms with Gasteiger partial charge in [0.2, 0.25) is 0 Å². The van der Waals surface area contributed by atoms with Crippen LogP contribution in [0.5, 0.6) is 0 Å². The van der Waals surface area contributed by atoms with E-state index in [9.17, 15) is 0 Å². The molecule has 1 saturated carbocycles. The van der Waals surface area contributed by atoms with Crippen molar-refractivity contribution in [1.82, 2.24) is 5.32 Å². The van der Waals surface area contributed by atoms with Crippen molar-refractivity contribution in [2.75, 3.05) is 13.1 Å². The van der Waals surface area contributed by atoms with Gasteiger partial charge < -0.3 is 11.1 Å². The molecule has 0 atom stereocenters. The lowest BCUT2D eigenvalue weighted by Crippen LogP contribution is -2.34. The summed E-state index contributed by atoms with van der Waals surface area (Å²) in [5.74, 6) is 1.31. The van der Waals surface area contributed by atoms with Crippen molar-refractivity contribution in [3.8, 4) is 0 Å². The highest BCUT2D eigenvalue weighted by atomic mass is 35.5. The van der Waals surface area contributed by atoms with Gasteiger partial charge in [-0.25, -0.2) is 0 Å². The maximum absolute atomic E-state index is 6.08. The summed E-state index contributed by atoms with van der Waals surface area (Å²) in [5.41, 5.74) is 6.95. The monoisotopic (exact) mass is 265 g/mol. The average molecular weight is 266 g/mol. The van der Waals surface area contributed by atoms with E-state index in [0.717, 1.165) is 36.0 Å². The van der Waals surface area contributed by atoms with Gasteiger partial charge >= 0.3 is 0 Å². The molecule has 1 aliphatic carbocycles. The molecular weight excluding hydrogens is 246 g/mol. The number of nitrogens with zero attached hydrogens (tertiary/aromatic N) is 1. The first kappa shape index (κ1) is 13.2. The lowest BCUT2D eigenvalue weighted by molar-refractivity contribution is 0.326. The van der Waals surface area contributed by atoms with E-state index in [0.29, 0.717) is 5.96 Å². The van der Waals surface area contributed by atoms with E-state index in [-0.39, 0.29) is 0 Å². The topological polar surface area (TPSA) is 50.4 Å². The van der Waals surface area contributed by atoms with E-state index in [1.165, 1.54) is 19.3 Å². The van der Waals surface area contributed by atoms with Gasteiger partial charge in [-0.1, -0.05) is 36.2 Å². The van der Waals surface area contributed by atoms with Crippen molar-refractivity contribution in [3.63, 3.8) is 0 Å². The predicted molar refractivity (Wildman–Crippen MR) is 77.0 cm³/mol. The van der Waals surface area contributed by atoms with Gasteiger partial charge in [-0.05, 0) is 36.8 Å². The zero-order valence-corrected chi connectivity index (χ0v) is 11.3. The summed E-state index contributed by atoms with van der Waals surface area (Å²) in [6.07, 6.45) is 4.81. The largest absolute Gasteiger partial charge is 0.370 e. The highest BCUT2D eigenvalue weighted by Crippen LogP contribution is 2.26. The molecule has 4 heteroatoms. The van der Waals surface area contributed by atoms with E-state index in [1.807, 2.05) is 24.3 Å². The first-order valence-electron chi connectivity index (χ1n) is 6.53. The highest BCUT2D eigenvalue weighted by Gasteiger charge is 2.16. The summed E-state index contributed by atoms with van der Waals surface area (Å²) < 4.78 is 0. The van der Waals surface area contributed by atoms with Crippen LogP contribution >= 0.6 is 11.6 Å². The molecule has 3 nitrogen and oxygen atoms in total. The van der Waals surface area contributed by atoms with Crippen molar-refractivity contribution in [2.45, 2.75) is 25.7 Å². The van der Waals surface area contributed by atoms with Crippen molar-refractivity contribution in [2.24, 2.45) is 16.6 Å². The molecule has 1 fully saturated rings. The molecule has 98 valence electrons. The maximum Gasteiger partial charge on any atom is 0.188 e. The molecule has 3 N–H and O–H groups in total. The van der Waals surface area contributed by atoms with Crippen molar-refractivity contribution in [3.05, 3.63) is 34.9 Å². The quantitative estimate of drug-likeness (QED) is 0.635. The van der Waals surface area contributed by atoms with Crippen LogP contribution in [0.1, 0.15) is 24.8 Å². The summed E-state index contributed by atoms with van der Waals surface area (Å²) in [6, 6.07) is 7.87. The second kappa shape index (κ2) is 6.64. The Balaban J connectivity index is 1.69. The van der Waals surface area contributed by atoms with Crippen molar-refractivity contribution >= 4 is 17.6 Å². The maximum atomic E-state index is 6.08. The zero-order chi connectivity index (χ0) is 12.8. The summed E-state index contributed by atoms with van der Waals surface area (Å²) in [5, 5.41) is 3.94. The fraction of sp³-hybridized carbons (Fsp3) is 0.500. The van der Waals surface area contributed by atoms with Crippen LogP contribution in [0.2, 0.25) is 5.02 Å². The summed E-state index contributed by atoms with van der Waals surface area (Å²) >= 11 is 6.08. The van der Waals surface area contributed by atoms with Gasteiger partial charge in [-0.3, -0.25) is 4.99 Å². The Hall–Kier alpha value is -1.22. The van der Waals surface area contributed by atoms with Crippen LogP contribution < -0.4 is 11.1 Å². The van der Waals surface area contributed by atoms with Crippen LogP contribution in [-0.4, -0.2) is 19.0 Å². The van der Waals surface area contributed by atoms with Gasteiger partial charge in [0.15, 0.2) is 5.96 Å². The van der Waals surface area contributed by atoms with Crippen LogP contribution in [-0.2, 0) is 6.42 Å². The number of hydrogen-bond acceptors (Lipinski definition) is 1. The normalized spacial score (nSPS) is 16.4. The molecule has 0 amide bonds. The number of guanidine groups is 1. The van der Waals surface area contributed by atoms with Gasteiger partial charge in [0.25, 0.3) is 0 Å². The summed E-state index contributed by atoms with van der Waals surface area (Å²) in [4.78, 5) is 4.35. The smallest absolute Gasteiger partial charge is 0.188 e. The van der Waals surface area contributed by atoms with Crippen LogP contribution in [0.25, 0.3) is 0 Å². The van der Waals surface area contributed by atoms with E-state index >= 15 is 0 Å². The predicted octanol–water partition coefficient (Wildman–Crippen LogP) is 2.59. The van der Waals surface area contributed by atoms with Gasteiger partial charge in [-0.15, -0.1) is 0 Å². The Kier molecular flexibility index (Phi) is 4.88. The molecule has 0 bridgehead atoms. The summed E-state index contributed by atoms with van der Waals surface area (Å²) in [6.45, 7) is 1.63. The molecule has 0 spiro atoms. The number of halogens is 1. The van der Waals surface area contributed by atoms with E-state index in [4.69, 9.17) is 17.3 Å². The van der Waals surface area contributed by atoms with Crippen LogP contribution in [0, 0.1) is 5.92 Å². The SMILES string of the molecule is NC(=NCC1CCC1)NCCc1ccccc1Cl. The first-order valence-corrected chi connectivity index (χ1v) is 6.90. The number of aliphatic imine (C=N–C) groups is 1. The molecule has 2 rings (SSSR count). The minimum atomic E-state index is 0.550. The molecule has 0 heterocycles. The highest BCUT2D eigenvalue weighted by molar-refractivity contribution is 6.31. The second-order valence-corrected chi connectivity index (χ2v) is 5.20. The van der Waals surface area contributed by atoms with Gasteiger partial charge in [0.1, 0.15) is 0 Å². The van der Waals surface area contributed by atoms with E-state index in [1.54, 1.807) is 0 Å². The van der Waals surface area contributed by atoms with Gasteiger partial charge in [0, 0.05) is 18.1 Å². The first-order chi connectivity index (χ1) is 8.75. The van der Waals surface area contributed by atoms with Gasteiger partial charge in [-0.2, -0.15) is 0 Å². The number of rotatable bonds is 5. The molecule has 18 heavy (non-hydrogen) atoms. The molecule has 1 aliphatic rings. The third kappa shape index (κ3) is 3.91. The fourth-order valence-corrected chi connectivity index (χ4v) is 2.22. The zero-order valence-electron chi connectivity index (χ0n) is 10.5. The van der Waals surface area contributed by atoms with E-state index < -0.39 is 0 Å². The van der Waals surface area contributed by atoms with Crippen LogP contribution in [0.4, 0.5) is 0 Å². The van der Waals surface area contributed by atoms with Crippen molar-refractivity contribution < 1.29 is 0 Å². The lowest BCUT2D eigenvalue weighted by Gasteiger charge is -2.23. The molecule has 0 aromatic heterocycles. The second-order valence-electron chi connectivity index (χ2n) is 4.79. The number of benzene rings is 1. The Morgan fingerprint density at radius 3 is 2.83 bits per heavy atom. The third-order valence-corrected chi connectivity index (χ3v) is 3.77.